The van der Waals surface area contributed by atoms with Gasteiger partial charge in [-0.1, -0.05) is 23.2 Å². The predicted octanol–water partition coefficient (Wildman–Crippen LogP) is 1.74. The molecule has 0 radical (unpaired) electrons. The van der Waals surface area contributed by atoms with Gasteiger partial charge < -0.3 is 11.1 Å². The van der Waals surface area contributed by atoms with Crippen molar-refractivity contribution in [2.24, 2.45) is 5.73 Å². The zero-order valence-electron chi connectivity index (χ0n) is 12.0. The average molecular weight is 331 g/mol. The molecule has 1 aliphatic rings. The Morgan fingerprint density at radius 2 is 2.14 bits per heavy atom. The van der Waals surface area contributed by atoms with Gasteiger partial charge in [-0.05, 0) is 38.9 Å². The number of halogens is 2. The van der Waals surface area contributed by atoms with Crippen LogP contribution in [-0.4, -0.2) is 41.5 Å². The number of nitrogens with zero attached hydrogens (tertiary/aromatic N) is 2. The highest BCUT2D eigenvalue weighted by Gasteiger charge is 2.24. The van der Waals surface area contributed by atoms with Gasteiger partial charge in [0.25, 0.3) is 0 Å². The molecule has 0 saturated carbocycles. The van der Waals surface area contributed by atoms with E-state index in [9.17, 15) is 4.79 Å². The molecular formula is C14H20Cl2N4O. The molecule has 1 aromatic rings. The number of primary amides is 1. The second-order valence-electron chi connectivity index (χ2n) is 5.37. The van der Waals surface area contributed by atoms with Crippen LogP contribution in [0.5, 0.6) is 0 Å². The Kier molecular flexibility index (Phi) is 5.81. The number of nitrogens with one attached hydrogen (secondary N) is 1. The average Bonchev–Trinajstić information content (AvgIpc) is 2.42. The summed E-state index contributed by atoms with van der Waals surface area (Å²) in [5.41, 5.74) is 6.90. The predicted molar refractivity (Wildman–Crippen MR) is 84.5 cm³/mol. The van der Waals surface area contributed by atoms with Crippen molar-refractivity contribution < 1.29 is 4.79 Å². The molecule has 0 aliphatic carbocycles. The topological polar surface area (TPSA) is 71.2 Å². The highest BCUT2D eigenvalue weighted by Crippen LogP contribution is 2.27. The van der Waals surface area contributed by atoms with Crippen LogP contribution in [0.2, 0.25) is 10.2 Å². The van der Waals surface area contributed by atoms with Crippen LogP contribution in [-0.2, 0) is 11.3 Å². The van der Waals surface area contributed by atoms with Gasteiger partial charge in [0.1, 0.15) is 5.15 Å². The third kappa shape index (κ3) is 4.54. The number of aryl methyl sites for hydroxylation is 1. The minimum Gasteiger partial charge on any atom is -0.369 e. The summed E-state index contributed by atoms with van der Waals surface area (Å²) in [6, 6.07) is 2.08. The van der Waals surface area contributed by atoms with E-state index in [0.29, 0.717) is 22.8 Å². The van der Waals surface area contributed by atoms with E-state index in [4.69, 9.17) is 28.9 Å². The lowest BCUT2D eigenvalue weighted by atomic mass is 10.0. The van der Waals surface area contributed by atoms with Crippen molar-refractivity contribution in [1.82, 2.24) is 15.2 Å². The molecule has 116 valence electrons. The zero-order chi connectivity index (χ0) is 15.4. The van der Waals surface area contributed by atoms with E-state index in [2.05, 4.69) is 10.3 Å². The highest BCUT2D eigenvalue weighted by molar-refractivity contribution is 6.35. The number of amides is 1. The molecule has 0 spiro atoms. The smallest absolute Gasteiger partial charge is 0.231 e. The molecule has 5 nitrogen and oxygen atoms in total. The third-order valence-electron chi connectivity index (χ3n) is 3.69. The minimum absolute atomic E-state index is 0.200. The molecule has 1 amide bonds. The van der Waals surface area contributed by atoms with E-state index in [-0.39, 0.29) is 12.5 Å². The molecule has 0 atom stereocenters. The van der Waals surface area contributed by atoms with Gasteiger partial charge in [0.05, 0.1) is 6.54 Å². The largest absolute Gasteiger partial charge is 0.369 e. The van der Waals surface area contributed by atoms with Crippen LogP contribution < -0.4 is 11.1 Å². The number of hydrogen-bond donors (Lipinski definition) is 2. The van der Waals surface area contributed by atoms with Gasteiger partial charge in [0.15, 0.2) is 0 Å². The molecule has 1 saturated heterocycles. The van der Waals surface area contributed by atoms with Crippen LogP contribution in [0.1, 0.15) is 24.1 Å². The molecule has 2 heterocycles. The molecule has 2 rings (SSSR count). The number of carbonyl (C=O) groups excluding carboxylic acids is 1. The molecule has 1 aromatic heterocycles. The maximum Gasteiger partial charge on any atom is 0.231 e. The van der Waals surface area contributed by atoms with Gasteiger partial charge in [-0.25, -0.2) is 4.98 Å². The SMILES string of the molecule is Cc1cc(Cl)c(CN(CC(N)=O)C2CCNCC2)c(Cl)n1. The molecule has 1 fully saturated rings. The van der Waals surface area contributed by atoms with Gasteiger partial charge in [0, 0.05) is 28.9 Å². The van der Waals surface area contributed by atoms with Crippen LogP contribution in [0.15, 0.2) is 6.07 Å². The van der Waals surface area contributed by atoms with Crippen LogP contribution in [0.3, 0.4) is 0 Å². The summed E-state index contributed by atoms with van der Waals surface area (Å²) >= 11 is 12.5. The van der Waals surface area contributed by atoms with E-state index < -0.39 is 0 Å². The van der Waals surface area contributed by atoms with Crippen molar-refractivity contribution in [2.45, 2.75) is 32.4 Å². The van der Waals surface area contributed by atoms with Crippen molar-refractivity contribution in [2.75, 3.05) is 19.6 Å². The van der Waals surface area contributed by atoms with Crippen molar-refractivity contribution in [3.05, 3.63) is 27.5 Å². The van der Waals surface area contributed by atoms with E-state index in [0.717, 1.165) is 37.2 Å². The number of carbonyl (C=O) groups is 1. The fourth-order valence-corrected chi connectivity index (χ4v) is 3.30. The standard InChI is InChI=1S/C14H20Cl2N4O/c1-9-6-12(15)11(14(16)19-9)7-20(8-13(17)21)10-2-4-18-5-3-10/h6,10,18H,2-5,7-8H2,1H3,(H2,17,21). The second kappa shape index (κ2) is 7.40. The van der Waals surface area contributed by atoms with Gasteiger partial charge in [0.2, 0.25) is 5.91 Å². The molecule has 7 heteroatoms. The molecule has 0 aromatic carbocycles. The number of rotatable bonds is 5. The first kappa shape index (κ1) is 16.5. The number of pyridine rings is 1. The molecule has 0 unspecified atom stereocenters. The fraction of sp³-hybridized carbons (Fsp3) is 0.571. The number of nitrogens with two attached hydrogens (primary N) is 1. The summed E-state index contributed by atoms with van der Waals surface area (Å²) in [6.07, 6.45) is 1.95. The van der Waals surface area contributed by atoms with Crippen LogP contribution >= 0.6 is 23.2 Å². The first-order valence-corrected chi connectivity index (χ1v) is 7.77. The lowest BCUT2D eigenvalue weighted by Gasteiger charge is -2.34. The van der Waals surface area contributed by atoms with Crippen LogP contribution in [0.25, 0.3) is 0 Å². The Labute approximate surface area is 134 Å². The van der Waals surface area contributed by atoms with Crippen LogP contribution in [0, 0.1) is 6.92 Å². The first-order chi connectivity index (χ1) is 9.97. The van der Waals surface area contributed by atoms with E-state index >= 15 is 0 Å². The molecule has 0 bridgehead atoms. The monoisotopic (exact) mass is 330 g/mol. The van der Waals surface area contributed by atoms with Gasteiger partial charge in [-0.2, -0.15) is 0 Å². The summed E-state index contributed by atoms with van der Waals surface area (Å²) in [5.74, 6) is -0.346. The van der Waals surface area contributed by atoms with Gasteiger partial charge in [-0.15, -0.1) is 0 Å². The van der Waals surface area contributed by atoms with E-state index in [1.54, 1.807) is 6.07 Å². The zero-order valence-corrected chi connectivity index (χ0v) is 13.5. The highest BCUT2D eigenvalue weighted by atomic mass is 35.5. The van der Waals surface area contributed by atoms with Crippen molar-refractivity contribution in [1.29, 1.82) is 0 Å². The Hall–Kier alpha value is -0.880. The van der Waals surface area contributed by atoms with Crippen molar-refractivity contribution in [3.63, 3.8) is 0 Å². The Morgan fingerprint density at radius 1 is 1.48 bits per heavy atom. The minimum atomic E-state index is -0.346. The summed E-state index contributed by atoms with van der Waals surface area (Å²) in [5, 5.41) is 4.28. The lowest BCUT2D eigenvalue weighted by Crippen LogP contribution is -2.46. The van der Waals surface area contributed by atoms with Crippen LogP contribution in [0.4, 0.5) is 0 Å². The maximum atomic E-state index is 11.3. The molecule has 3 N–H and O–H groups in total. The van der Waals surface area contributed by atoms with E-state index in [1.807, 2.05) is 11.8 Å². The van der Waals surface area contributed by atoms with Gasteiger partial charge in [-0.3, -0.25) is 9.69 Å². The maximum absolute atomic E-state index is 11.3. The summed E-state index contributed by atoms with van der Waals surface area (Å²) in [6.45, 7) is 4.40. The number of hydrogen-bond acceptors (Lipinski definition) is 4. The Balaban J connectivity index is 2.19. The molecule has 21 heavy (non-hydrogen) atoms. The summed E-state index contributed by atoms with van der Waals surface area (Å²) in [7, 11) is 0. The Bertz CT molecular complexity index is 495. The number of aromatic nitrogens is 1. The summed E-state index contributed by atoms with van der Waals surface area (Å²) in [4.78, 5) is 17.6. The van der Waals surface area contributed by atoms with E-state index in [1.165, 1.54) is 0 Å². The normalized spacial score (nSPS) is 16.4. The number of piperidine rings is 1. The Morgan fingerprint density at radius 3 is 2.71 bits per heavy atom. The summed E-state index contributed by atoms with van der Waals surface area (Å²) < 4.78 is 0. The second-order valence-corrected chi connectivity index (χ2v) is 6.13. The quantitative estimate of drug-likeness (QED) is 0.806. The van der Waals surface area contributed by atoms with Crippen molar-refractivity contribution >= 4 is 29.1 Å². The lowest BCUT2D eigenvalue weighted by molar-refractivity contribution is -0.120. The molecule has 1 aliphatic heterocycles. The first-order valence-electron chi connectivity index (χ1n) is 7.02. The molecular weight excluding hydrogens is 311 g/mol. The van der Waals surface area contributed by atoms with Crippen molar-refractivity contribution in [3.8, 4) is 0 Å². The third-order valence-corrected chi connectivity index (χ3v) is 4.34. The fourth-order valence-electron chi connectivity index (χ4n) is 2.65. The van der Waals surface area contributed by atoms with Gasteiger partial charge >= 0.3 is 0 Å².